The summed E-state index contributed by atoms with van der Waals surface area (Å²) in [6.45, 7) is 8.59. The van der Waals surface area contributed by atoms with Gasteiger partial charge in [-0.3, -0.25) is 19.4 Å². The summed E-state index contributed by atoms with van der Waals surface area (Å²) in [4.78, 5) is 35.1. The Hall–Kier alpha value is -3.00. The van der Waals surface area contributed by atoms with Gasteiger partial charge in [0.25, 0.3) is 11.5 Å². The third-order valence-corrected chi connectivity index (χ3v) is 5.61. The maximum Gasteiger partial charge on any atom is 0.267 e. The molecule has 0 aromatic carbocycles. The van der Waals surface area contributed by atoms with Crippen LogP contribution >= 0.6 is 0 Å². The Morgan fingerprint density at radius 3 is 2.52 bits per heavy atom. The molecule has 0 bridgehead atoms. The number of carbonyl (C=O) groups excluding carboxylic acids is 1. The first kappa shape index (κ1) is 19.3. The fourth-order valence-electron chi connectivity index (χ4n) is 3.90. The molecule has 8 nitrogen and oxygen atoms in total. The van der Waals surface area contributed by atoms with Crippen LogP contribution in [0.1, 0.15) is 35.8 Å². The Labute approximate surface area is 168 Å². The van der Waals surface area contributed by atoms with Crippen LogP contribution in [-0.4, -0.2) is 62.9 Å². The van der Waals surface area contributed by atoms with Crippen molar-refractivity contribution in [3.63, 3.8) is 0 Å². The van der Waals surface area contributed by atoms with Crippen molar-refractivity contribution in [3.8, 4) is 0 Å². The first-order valence-electron chi connectivity index (χ1n) is 9.89. The number of likely N-dealkylation sites (N-methyl/N-ethyl adjacent to an activating group) is 1. The van der Waals surface area contributed by atoms with Crippen LogP contribution in [0.25, 0.3) is 16.7 Å². The van der Waals surface area contributed by atoms with Gasteiger partial charge in [0.2, 0.25) is 0 Å². The van der Waals surface area contributed by atoms with Crippen molar-refractivity contribution in [3.05, 3.63) is 51.4 Å². The molecule has 1 saturated heterocycles. The highest BCUT2D eigenvalue weighted by atomic mass is 16.2. The highest BCUT2D eigenvalue weighted by Crippen LogP contribution is 2.17. The summed E-state index contributed by atoms with van der Waals surface area (Å²) in [5, 5.41) is 9.09. The maximum atomic E-state index is 13.2. The van der Waals surface area contributed by atoms with Crippen molar-refractivity contribution in [2.24, 2.45) is 0 Å². The first-order chi connectivity index (χ1) is 13.8. The van der Waals surface area contributed by atoms with Crippen molar-refractivity contribution in [2.45, 2.75) is 26.8 Å². The van der Waals surface area contributed by atoms with Crippen LogP contribution in [0.3, 0.4) is 0 Å². The molecule has 4 rings (SSSR count). The van der Waals surface area contributed by atoms with E-state index in [9.17, 15) is 9.59 Å². The number of rotatable bonds is 2. The number of pyridine rings is 2. The van der Waals surface area contributed by atoms with Gasteiger partial charge in [-0.1, -0.05) is 6.07 Å². The summed E-state index contributed by atoms with van der Waals surface area (Å²) in [6, 6.07) is 5.15. The quantitative estimate of drug-likeness (QED) is 0.666. The van der Waals surface area contributed by atoms with E-state index in [2.05, 4.69) is 4.90 Å². The first-order valence-corrected chi connectivity index (χ1v) is 9.89. The molecule has 3 aromatic rings. The van der Waals surface area contributed by atoms with Gasteiger partial charge in [0.1, 0.15) is 16.8 Å². The molecule has 4 heterocycles. The SMILES string of the molecule is Cc1cccn2c(=O)c3cc(C(=O)N4CCN(C)CC4)c(=N)n(C(C)C)c3nc12. The van der Waals surface area contributed by atoms with Gasteiger partial charge in [-0.2, -0.15) is 0 Å². The van der Waals surface area contributed by atoms with Gasteiger partial charge in [-0.25, -0.2) is 4.98 Å². The van der Waals surface area contributed by atoms with Crippen molar-refractivity contribution in [2.75, 3.05) is 33.2 Å². The fraction of sp³-hybridized carbons (Fsp3) is 0.429. The predicted octanol–water partition coefficient (Wildman–Crippen LogP) is 1.41. The largest absolute Gasteiger partial charge is 0.336 e. The molecular formula is C21H26N6O2. The van der Waals surface area contributed by atoms with Crippen LogP contribution in [0.15, 0.2) is 29.2 Å². The minimum atomic E-state index is -0.226. The van der Waals surface area contributed by atoms with E-state index < -0.39 is 0 Å². The second kappa shape index (κ2) is 7.11. The zero-order chi connectivity index (χ0) is 20.9. The molecule has 0 radical (unpaired) electrons. The smallest absolute Gasteiger partial charge is 0.267 e. The number of fused-ring (bicyclic) bond motifs is 2. The van der Waals surface area contributed by atoms with Gasteiger partial charge >= 0.3 is 0 Å². The summed E-state index contributed by atoms with van der Waals surface area (Å²) in [5.41, 5.74) is 2.01. The summed E-state index contributed by atoms with van der Waals surface area (Å²) < 4.78 is 3.20. The molecule has 0 atom stereocenters. The maximum absolute atomic E-state index is 13.2. The summed E-state index contributed by atoms with van der Waals surface area (Å²) in [7, 11) is 2.03. The second-order valence-electron chi connectivity index (χ2n) is 8.00. The molecule has 152 valence electrons. The lowest BCUT2D eigenvalue weighted by molar-refractivity contribution is 0.0661. The lowest BCUT2D eigenvalue weighted by Gasteiger charge is -2.32. The van der Waals surface area contributed by atoms with Gasteiger partial charge in [0.05, 0.1) is 10.9 Å². The number of aryl methyl sites for hydroxylation is 1. The molecule has 8 heteroatoms. The van der Waals surface area contributed by atoms with Gasteiger partial charge in [-0.15, -0.1) is 0 Å². The summed E-state index contributed by atoms with van der Waals surface area (Å²) in [5.74, 6) is -0.201. The highest BCUT2D eigenvalue weighted by molar-refractivity contribution is 5.97. The number of carbonyl (C=O) groups is 1. The van der Waals surface area contributed by atoms with Crippen molar-refractivity contribution < 1.29 is 4.79 Å². The number of nitrogens with one attached hydrogen (secondary N) is 1. The van der Waals surface area contributed by atoms with E-state index >= 15 is 0 Å². The van der Waals surface area contributed by atoms with Crippen LogP contribution in [0.5, 0.6) is 0 Å². The van der Waals surface area contributed by atoms with Crippen LogP contribution < -0.4 is 11.0 Å². The standard InChI is InChI=1S/C21H26N6O2/c1-13(2)27-17(22)15(20(28)25-10-8-24(4)9-11-25)12-16-19(27)23-18-14(3)6-5-7-26(18)21(16)29/h5-7,12-13,22H,8-11H2,1-4H3. The lowest BCUT2D eigenvalue weighted by Crippen LogP contribution is -2.48. The van der Waals surface area contributed by atoms with E-state index in [1.165, 1.54) is 4.40 Å². The number of amides is 1. The van der Waals surface area contributed by atoms with E-state index in [1.807, 2.05) is 40.0 Å². The van der Waals surface area contributed by atoms with Gasteiger partial charge in [-0.05, 0) is 45.5 Å². The average molecular weight is 394 g/mol. The fourth-order valence-corrected chi connectivity index (χ4v) is 3.90. The zero-order valence-corrected chi connectivity index (χ0v) is 17.3. The highest BCUT2D eigenvalue weighted by Gasteiger charge is 2.25. The second-order valence-corrected chi connectivity index (χ2v) is 8.00. The predicted molar refractivity (Wildman–Crippen MR) is 111 cm³/mol. The average Bonchev–Trinajstić information content (AvgIpc) is 2.68. The molecular weight excluding hydrogens is 368 g/mol. The number of piperazine rings is 1. The van der Waals surface area contributed by atoms with E-state index in [4.69, 9.17) is 10.4 Å². The molecule has 0 saturated carbocycles. The zero-order valence-electron chi connectivity index (χ0n) is 17.3. The van der Waals surface area contributed by atoms with Crippen molar-refractivity contribution in [1.29, 1.82) is 5.41 Å². The van der Waals surface area contributed by atoms with Gasteiger partial charge in [0, 0.05) is 38.4 Å². The normalized spacial score (nSPS) is 15.6. The Bertz CT molecular complexity index is 1230. The lowest BCUT2D eigenvalue weighted by atomic mass is 10.1. The summed E-state index contributed by atoms with van der Waals surface area (Å²) in [6.07, 6.45) is 1.69. The Kier molecular flexibility index (Phi) is 4.74. The third-order valence-electron chi connectivity index (χ3n) is 5.61. The van der Waals surface area contributed by atoms with Crippen LogP contribution in [-0.2, 0) is 0 Å². The van der Waals surface area contributed by atoms with Crippen molar-refractivity contribution in [1.82, 2.24) is 23.8 Å². The molecule has 29 heavy (non-hydrogen) atoms. The topological polar surface area (TPSA) is 86.7 Å². The Balaban J connectivity index is 2.00. The number of hydrogen-bond acceptors (Lipinski definition) is 5. The molecule has 1 N–H and O–H groups in total. The minimum absolute atomic E-state index is 0.0984. The minimum Gasteiger partial charge on any atom is -0.336 e. The third kappa shape index (κ3) is 3.13. The van der Waals surface area contributed by atoms with Crippen LogP contribution in [0.4, 0.5) is 0 Å². The number of nitrogens with zero attached hydrogens (tertiary/aromatic N) is 5. The van der Waals surface area contributed by atoms with E-state index in [1.54, 1.807) is 21.7 Å². The van der Waals surface area contributed by atoms with E-state index in [-0.39, 0.29) is 28.6 Å². The number of aromatic nitrogens is 3. The summed E-state index contributed by atoms with van der Waals surface area (Å²) >= 11 is 0. The van der Waals surface area contributed by atoms with E-state index in [0.717, 1.165) is 18.7 Å². The molecule has 1 amide bonds. The van der Waals surface area contributed by atoms with Crippen LogP contribution in [0.2, 0.25) is 0 Å². The monoisotopic (exact) mass is 394 g/mol. The Morgan fingerprint density at radius 2 is 1.86 bits per heavy atom. The van der Waals surface area contributed by atoms with E-state index in [0.29, 0.717) is 29.8 Å². The molecule has 1 aliphatic rings. The molecule has 0 aliphatic carbocycles. The molecule has 1 aliphatic heterocycles. The molecule has 1 fully saturated rings. The molecule has 0 spiro atoms. The van der Waals surface area contributed by atoms with Gasteiger partial charge < -0.3 is 14.4 Å². The molecule has 0 unspecified atom stereocenters. The van der Waals surface area contributed by atoms with Crippen molar-refractivity contribution >= 4 is 22.6 Å². The number of hydrogen-bond donors (Lipinski definition) is 1. The molecule has 3 aromatic heterocycles. The van der Waals surface area contributed by atoms with Gasteiger partial charge in [0.15, 0.2) is 0 Å². The Morgan fingerprint density at radius 1 is 1.17 bits per heavy atom. The van der Waals surface area contributed by atoms with Crippen LogP contribution in [0, 0.1) is 12.3 Å².